The smallest absolute Gasteiger partial charge is 0.208 e. The van der Waals surface area contributed by atoms with E-state index in [4.69, 9.17) is 9.15 Å². The van der Waals surface area contributed by atoms with Crippen LogP contribution in [0.25, 0.3) is 0 Å². The molecule has 1 saturated heterocycles. The lowest BCUT2D eigenvalue weighted by molar-refractivity contribution is 0.231. The number of ether oxygens (including phenoxy) is 1. The molecule has 118 valence electrons. The van der Waals surface area contributed by atoms with Gasteiger partial charge in [-0.15, -0.1) is 0 Å². The van der Waals surface area contributed by atoms with Crippen molar-refractivity contribution in [3.8, 4) is 5.75 Å². The summed E-state index contributed by atoms with van der Waals surface area (Å²) >= 11 is 0. The summed E-state index contributed by atoms with van der Waals surface area (Å²) in [5.41, 5.74) is 2.38. The Labute approximate surface area is 132 Å². The van der Waals surface area contributed by atoms with E-state index in [1.807, 2.05) is 26.0 Å². The molecule has 1 aliphatic heterocycles. The summed E-state index contributed by atoms with van der Waals surface area (Å²) in [6.45, 7) is 8.10. The van der Waals surface area contributed by atoms with Gasteiger partial charge in [0.1, 0.15) is 11.5 Å². The first-order valence-corrected chi connectivity index (χ1v) is 7.87. The average Bonchev–Trinajstić information content (AvgIpc) is 3.03. The zero-order chi connectivity index (χ0) is 15.7. The van der Waals surface area contributed by atoms with E-state index in [0.717, 1.165) is 36.2 Å². The van der Waals surface area contributed by atoms with Crippen LogP contribution in [0, 0.1) is 13.8 Å². The summed E-state index contributed by atoms with van der Waals surface area (Å²) in [6, 6.07) is 8.99. The van der Waals surface area contributed by atoms with Gasteiger partial charge in [0.15, 0.2) is 0 Å². The molecule has 1 aromatic heterocycles. The number of oxazole rings is 1. The highest BCUT2D eigenvalue weighted by molar-refractivity contribution is 5.30. The number of likely N-dealkylation sites (tertiary alicyclic amines) is 1. The number of aryl methyl sites for hydroxylation is 2. The highest BCUT2D eigenvalue weighted by atomic mass is 16.5. The fourth-order valence-corrected chi connectivity index (χ4v) is 3.22. The van der Waals surface area contributed by atoms with Gasteiger partial charge in [-0.05, 0) is 50.8 Å². The van der Waals surface area contributed by atoms with Crippen LogP contribution in [0.4, 0.5) is 0 Å². The van der Waals surface area contributed by atoms with Crippen molar-refractivity contribution < 1.29 is 9.15 Å². The van der Waals surface area contributed by atoms with Crippen LogP contribution in [-0.2, 0) is 6.54 Å². The van der Waals surface area contributed by atoms with Crippen molar-refractivity contribution in [3.05, 3.63) is 47.2 Å². The highest BCUT2D eigenvalue weighted by Crippen LogP contribution is 2.33. The van der Waals surface area contributed by atoms with Crippen LogP contribution < -0.4 is 4.74 Å². The maximum atomic E-state index is 5.73. The van der Waals surface area contributed by atoms with Gasteiger partial charge in [-0.3, -0.25) is 4.90 Å². The number of hydrogen-bond acceptors (Lipinski definition) is 4. The Hall–Kier alpha value is -1.81. The fourth-order valence-electron chi connectivity index (χ4n) is 3.22. The Bertz CT molecular complexity index is 614. The van der Waals surface area contributed by atoms with E-state index >= 15 is 0 Å². The van der Waals surface area contributed by atoms with E-state index in [-0.39, 0.29) is 0 Å². The molecule has 2 aromatic rings. The Morgan fingerprint density at radius 3 is 2.59 bits per heavy atom. The molecule has 0 spiro atoms. The molecule has 0 saturated carbocycles. The van der Waals surface area contributed by atoms with E-state index in [9.17, 15) is 0 Å². The normalized spacial score (nSPS) is 22.2. The summed E-state index contributed by atoms with van der Waals surface area (Å²) in [5, 5.41) is 0. The molecule has 1 fully saturated rings. The second-order valence-corrected chi connectivity index (χ2v) is 6.23. The van der Waals surface area contributed by atoms with Gasteiger partial charge in [0.25, 0.3) is 0 Å². The largest absolute Gasteiger partial charge is 0.497 e. The summed E-state index contributed by atoms with van der Waals surface area (Å²) in [5.74, 6) is 3.24. The van der Waals surface area contributed by atoms with Crippen LogP contribution in [0.3, 0.4) is 0 Å². The SMILES string of the molecule is COc1ccc([C@@H]2C[C@@H](C)N(Cc3nc(C)c(C)o3)C2)cc1. The number of rotatable bonds is 4. The predicted molar refractivity (Wildman–Crippen MR) is 86.2 cm³/mol. The minimum absolute atomic E-state index is 0.541. The third-order valence-electron chi connectivity index (χ3n) is 4.70. The van der Waals surface area contributed by atoms with Gasteiger partial charge < -0.3 is 9.15 Å². The van der Waals surface area contributed by atoms with Crippen LogP contribution in [0.15, 0.2) is 28.7 Å². The molecule has 1 aromatic carbocycles. The zero-order valence-corrected chi connectivity index (χ0v) is 13.8. The Kier molecular flexibility index (Phi) is 4.21. The Morgan fingerprint density at radius 2 is 2.00 bits per heavy atom. The molecule has 22 heavy (non-hydrogen) atoms. The molecule has 0 radical (unpaired) electrons. The first-order valence-electron chi connectivity index (χ1n) is 7.87. The van der Waals surface area contributed by atoms with Crippen molar-refractivity contribution in [2.75, 3.05) is 13.7 Å². The second kappa shape index (κ2) is 6.13. The van der Waals surface area contributed by atoms with E-state index in [0.29, 0.717) is 12.0 Å². The minimum atomic E-state index is 0.541. The van der Waals surface area contributed by atoms with Crippen molar-refractivity contribution in [2.24, 2.45) is 0 Å². The van der Waals surface area contributed by atoms with Crippen LogP contribution in [0.2, 0.25) is 0 Å². The maximum Gasteiger partial charge on any atom is 0.208 e. The Morgan fingerprint density at radius 1 is 1.27 bits per heavy atom. The molecule has 0 unspecified atom stereocenters. The molecular weight excluding hydrogens is 276 g/mol. The summed E-state index contributed by atoms with van der Waals surface area (Å²) in [7, 11) is 1.70. The van der Waals surface area contributed by atoms with E-state index in [1.54, 1.807) is 7.11 Å². The third kappa shape index (κ3) is 3.02. The molecule has 2 heterocycles. The first-order chi connectivity index (χ1) is 10.6. The monoisotopic (exact) mass is 300 g/mol. The lowest BCUT2D eigenvalue weighted by Crippen LogP contribution is -2.26. The number of methoxy groups -OCH3 is 1. The average molecular weight is 300 g/mol. The van der Waals surface area contributed by atoms with Crippen LogP contribution in [0.1, 0.15) is 42.2 Å². The lowest BCUT2D eigenvalue weighted by atomic mass is 9.97. The molecule has 0 amide bonds. The molecule has 4 nitrogen and oxygen atoms in total. The van der Waals surface area contributed by atoms with Gasteiger partial charge in [0.05, 0.1) is 19.3 Å². The van der Waals surface area contributed by atoms with Crippen molar-refractivity contribution in [3.63, 3.8) is 0 Å². The molecular formula is C18H24N2O2. The standard InChI is InChI=1S/C18H24N2O2/c1-12-9-16(15-5-7-17(21-4)8-6-15)10-20(12)11-18-19-13(2)14(3)22-18/h5-8,12,16H,9-11H2,1-4H3/t12-,16-/m1/s1. The number of benzene rings is 1. The summed E-state index contributed by atoms with van der Waals surface area (Å²) < 4.78 is 11.0. The second-order valence-electron chi connectivity index (χ2n) is 6.23. The van der Waals surface area contributed by atoms with Gasteiger partial charge in [-0.1, -0.05) is 12.1 Å². The minimum Gasteiger partial charge on any atom is -0.497 e. The molecule has 0 bridgehead atoms. The number of nitrogens with zero attached hydrogens (tertiary/aromatic N) is 2. The summed E-state index contributed by atoms with van der Waals surface area (Å²) in [4.78, 5) is 6.96. The zero-order valence-electron chi connectivity index (χ0n) is 13.8. The van der Waals surface area contributed by atoms with Crippen molar-refractivity contribution in [1.82, 2.24) is 9.88 Å². The summed E-state index contributed by atoms with van der Waals surface area (Å²) in [6.07, 6.45) is 1.17. The predicted octanol–water partition coefficient (Wildman–Crippen LogP) is 3.68. The topological polar surface area (TPSA) is 38.5 Å². The third-order valence-corrected chi connectivity index (χ3v) is 4.70. The van der Waals surface area contributed by atoms with Crippen LogP contribution in [0.5, 0.6) is 5.75 Å². The quantitative estimate of drug-likeness (QED) is 0.863. The van der Waals surface area contributed by atoms with Crippen LogP contribution >= 0.6 is 0 Å². The fraction of sp³-hybridized carbons (Fsp3) is 0.500. The highest BCUT2D eigenvalue weighted by Gasteiger charge is 2.30. The lowest BCUT2D eigenvalue weighted by Gasteiger charge is -2.18. The van der Waals surface area contributed by atoms with Gasteiger partial charge in [-0.2, -0.15) is 0 Å². The molecule has 2 atom stereocenters. The van der Waals surface area contributed by atoms with Gasteiger partial charge in [0, 0.05) is 12.6 Å². The van der Waals surface area contributed by atoms with E-state index < -0.39 is 0 Å². The molecule has 4 heteroatoms. The Balaban J connectivity index is 1.68. The molecule has 0 aliphatic carbocycles. The van der Waals surface area contributed by atoms with Gasteiger partial charge >= 0.3 is 0 Å². The molecule has 0 N–H and O–H groups in total. The van der Waals surface area contributed by atoms with Crippen molar-refractivity contribution in [1.29, 1.82) is 0 Å². The molecule has 1 aliphatic rings. The molecule has 3 rings (SSSR count). The van der Waals surface area contributed by atoms with Gasteiger partial charge in [0.2, 0.25) is 5.89 Å². The van der Waals surface area contributed by atoms with E-state index in [1.165, 1.54) is 12.0 Å². The van der Waals surface area contributed by atoms with Crippen LogP contribution in [-0.4, -0.2) is 29.6 Å². The first kappa shape index (κ1) is 15.1. The van der Waals surface area contributed by atoms with E-state index in [2.05, 4.69) is 28.9 Å². The van der Waals surface area contributed by atoms with Gasteiger partial charge in [-0.25, -0.2) is 4.98 Å². The van der Waals surface area contributed by atoms with Crippen molar-refractivity contribution in [2.45, 2.75) is 45.7 Å². The number of hydrogen-bond donors (Lipinski definition) is 0. The van der Waals surface area contributed by atoms with Crippen molar-refractivity contribution >= 4 is 0 Å². The number of aromatic nitrogens is 1. The maximum absolute atomic E-state index is 5.73.